The number of nitrogens with zero attached hydrogens (tertiary/aromatic N) is 1. The number of hydrogen-bond donors (Lipinski definition) is 1. The average molecular weight is 264 g/mol. The van der Waals surface area contributed by atoms with Gasteiger partial charge in [-0.15, -0.1) is 0 Å². The van der Waals surface area contributed by atoms with E-state index in [1.165, 1.54) is 4.90 Å². The van der Waals surface area contributed by atoms with Gasteiger partial charge in [-0.2, -0.15) is 0 Å². The molecule has 0 aromatic heterocycles. The SMILES string of the molecule is CCN(CC)C(=O)C(=O)Nc1ccc2c(c1)OCO2. The van der Waals surface area contributed by atoms with Gasteiger partial charge in [0.05, 0.1) is 0 Å². The number of benzene rings is 1. The smallest absolute Gasteiger partial charge is 0.313 e. The van der Waals surface area contributed by atoms with Crippen LogP contribution in [0.15, 0.2) is 18.2 Å². The first-order valence-corrected chi connectivity index (χ1v) is 6.15. The second-order valence-electron chi connectivity index (χ2n) is 4.00. The molecule has 0 bridgehead atoms. The zero-order chi connectivity index (χ0) is 13.8. The van der Waals surface area contributed by atoms with E-state index in [0.29, 0.717) is 30.3 Å². The highest BCUT2D eigenvalue weighted by molar-refractivity contribution is 6.39. The average Bonchev–Trinajstić information content (AvgIpc) is 2.87. The highest BCUT2D eigenvalue weighted by atomic mass is 16.7. The van der Waals surface area contributed by atoms with E-state index < -0.39 is 11.8 Å². The lowest BCUT2D eigenvalue weighted by Crippen LogP contribution is -2.39. The molecule has 0 saturated heterocycles. The van der Waals surface area contributed by atoms with Gasteiger partial charge in [-0.25, -0.2) is 0 Å². The van der Waals surface area contributed by atoms with Gasteiger partial charge in [-0.05, 0) is 26.0 Å². The van der Waals surface area contributed by atoms with Crippen molar-refractivity contribution in [3.05, 3.63) is 18.2 Å². The van der Waals surface area contributed by atoms with Crippen LogP contribution in [0.4, 0.5) is 5.69 Å². The molecule has 2 rings (SSSR count). The molecule has 0 atom stereocenters. The molecule has 0 fully saturated rings. The van der Waals surface area contributed by atoms with Crippen molar-refractivity contribution >= 4 is 17.5 Å². The van der Waals surface area contributed by atoms with E-state index in [0.717, 1.165) is 0 Å². The Balaban J connectivity index is 2.05. The van der Waals surface area contributed by atoms with Crippen LogP contribution in [0.1, 0.15) is 13.8 Å². The van der Waals surface area contributed by atoms with E-state index in [2.05, 4.69) is 5.32 Å². The molecular weight excluding hydrogens is 248 g/mol. The van der Waals surface area contributed by atoms with Crippen LogP contribution < -0.4 is 14.8 Å². The molecule has 0 unspecified atom stereocenters. The number of likely N-dealkylation sites (N-methyl/N-ethyl adjacent to an activating group) is 1. The van der Waals surface area contributed by atoms with Crippen molar-refractivity contribution in [1.29, 1.82) is 0 Å². The van der Waals surface area contributed by atoms with E-state index in [9.17, 15) is 9.59 Å². The lowest BCUT2D eigenvalue weighted by Gasteiger charge is -2.17. The van der Waals surface area contributed by atoms with Crippen molar-refractivity contribution < 1.29 is 19.1 Å². The summed E-state index contributed by atoms with van der Waals surface area (Å²) in [6.45, 7) is 4.84. The summed E-state index contributed by atoms with van der Waals surface area (Å²) < 4.78 is 10.4. The van der Waals surface area contributed by atoms with Crippen molar-refractivity contribution in [2.24, 2.45) is 0 Å². The number of carbonyl (C=O) groups is 2. The van der Waals surface area contributed by atoms with Gasteiger partial charge in [-0.3, -0.25) is 9.59 Å². The minimum Gasteiger partial charge on any atom is -0.454 e. The Labute approximate surface area is 111 Å². The second-order valence-corrected chi connectivity index (χ2v) is 4.00. The summed E-state index contributed by atoms with van der Waals surface area (Å²) >= 11 is 0. The van der Waals surface area contributed by atoms with Crippen molar-refractivity contribution in [2.45, 2.75) is 13.8 Å². The van der Waals surface area contributed by atoms with Gasteiger partial charge in [0, 0.05) is 24.8 Å². The van der Waals surface area contributed by atoms with Gasteiger partial charge in [0.2, 0.25) is 6.79 Å². The van der Waals surface area contributed by atoms with E-state index >= 15 is 0 Å². The van der Waals surface area contributed by atoms with E-state index in [-0.39, 0.29) is 6.79 Å². The molecule has 0 aliphatic carbocycles. The molecule has 0 saturated carbocycles. The normalized spacial score (nSPS) is 12.1. The number of amides is 2. The lowest BCUT2D eigenvalue weighted by molar-refractivity contribution is -0.142. The number of rotatable bonds is 3. The van der Waals surface area contributed by atoms with Crippen molar-refractivity contribution in [3.63, 3.8) is 0 Å². The van der Waals surface area contributed by atoms with E-state index in [1.54, 1.807) is 18.2 Å². The van der Waals surface area contributed by atoms with Crippen LogP contribution in [0, 0.1) is 0 Å². The third kappa shape index (κ3) is 2.78. The van der Waals surface area contributed by atoms with E-state index in [4.69, 9.17) is 9.47 Å². The molecular formula is C13H16N2O4. The molecule has 102 valence electrons. The van der Waals surface area contributed by atoms with E-state index in [1.807, 2.05) is 13.8 Å². The summed E-state index contributed by atoms with van der Waals surface area (Å²) in [5.41, 5.74) is 0.509. The highest BCUT2D eigenvalue weighted by Gasteiger charge is 2.20. The minimum atomic E-state index is -0.650. The quantitative estimate of drug-likeness (QED) is 0.834. The Bertz CT molecular complexity index is 497. The van der Waals surface area contributed by atoms with Crippen LogP contribution in [0.3, 0.4) is 0 Å². The maximum Gasteiger partial charge on any atom is 0.313 e. The predicted molar refractivity (Wildman–Crippen MR) is 69.1 cm³/mol. The Morgan fingerprint density at radius 3 is 2.58 bits per heavy atom. The fourth-order valence-electron chi connectivity index (χ4n) is 1.81. The van der Waals surface area contributed by atoms with Crippen molar-refractivity contribution in [2.75, 3.05) is 25.2 Å². The van der Waals surface area contributed by atoms with Gasteiger partial charge in [0.15, 0.2) is 11.5 Å². The fourth-order valence-corrected chi connectivity index (χ4v) is 1.81. The summed E-state index contributed by atoms with van der Waals surface area (Å²) in [6, 6.07) is 5.00. The molecule has 1 aliphatic heterocycles. The molecule has 1 aromatic carbocycles. The van der Waals surface area contributed by atoms with Crippen LogP contribution in [0.5, 0.6) is 11.5 Å². The van der Waals surface area contributed by atoms with Crippen LogP contribution >= 0.6 is 0 Å². The second kappa shape index (κ2) is 5.60. The van der Waals surface area contributed by atoms with Gasteiger partial charge in [-0.1, -0.05) is 0 Å². The Morgan fingerprint density at radius 2 is 1.89 bits per heavy atom. The first-order chi connectivity index (χ1) is 9.15. The molecule has 1 aliphatic rings. The number of fused-ring (bicyclic) bond motifs is 1. The topological polar surface area (TPSA) is 67.9 Å². The first kappa shape index (κ1) is 13.2. The molecule has 1 aromatic rings. The summed E-state index contributed by atoms with van der Waals surface area (Å²) in [7, 11) is 0. The largest absolute Gasteiger partial charge is 0.454 e. The molecule has 0 radical (unpaired) electrons. The number of ether oxygens (including phenoxy) is 2. The molecule has 6 heteroatoms. The summed E-state index contributed by atoms with van der Waals surface area (Å²) in [4.78, 5) is 25.1. The van der Waals surface area contributed by atoms with Crippen LogP contribution in [-0.4, -0.2) is 36.6 Å². The Morgan fingerprint density at radius 1 is 1.21 bits per heavy atom. The number of hydrogen-bond acceptors (Lipinski definition) is 4. The molecule has 19 heavy (non-hydrogen) atoms. The van der Waals surface area contributed by atoms with Crippen molar-refractivity contribution in [3.8, 4) is 11.5 Å². The lowest BCUT2D eigenvalue weighted by atomic mass is 10.2. The van der Waals surface area contributed by atoms with Gasteiger partial charge in [0.25, 0.3) is 0 Å². The standard InChI is InChI=1S/C13H16N2O4/c1-3-15(4-2)13(17)12(16)14-9-5-6-10-11(7-9)19-8-18-10/h5-7H,3-4,8H2,1-2H3,(H,14,16). The van der Waals surface area contributed by atoms with Crippen LogP contribution in [-0.2, 0) is 9.59 Å². The van der Waals surface area contributed by atoms with Gasteiger partial charge >= 0.3 is 11.8 Å². The molecule has 1 N–H and O–H groups in total. The predicted octanol–water partition coefficient (Wildman–Crippen LogP) is 1.22. The number of anilines is 1. The summed E-state index contributed by atoms with van der Waals surface area (Å²) in [5, 5.41) is 2.55. The third-order valence-electron chi connectivity index (χ3n) is 2.88. The van der Waals surface area contributed by atoms with Gasteiger partial charge in [0.1, 0.15) is 0 Å². The highest BCUT2D eigenvalue weighted by Crippen LogP contribution is 2.34. The molecule has 1 heterocycles. The molecule has 2 amide bonds. The monoisotopic (exact) mass is 264 g/mol. The summed E-state index contributed by atoms with van der Waals surface area (Å²) in [5.74, 6) is 0.00592. The van der Waals surface area contributed by atoms with Crippen LogP contribution in [0.25, 0.3) is 0 Å². The maximum absolute atomic E-state index is 11.8. The fraction of sp³-hybridized carbons (Fsp3) is 0.385. The zero-order valence-electron chi connectivity index (χ0n) is 10.9. The van der Waals surface area contributed by atoms with Gasteiger partial charge < -0.3 is 19.7 Å². The number of nitrogens with one attached hydrogen (secondary N) is 1. The van der Waals surface area contributed by atoms with Crippen molar-refractivity contribution in [1.82, 2.24) is 4.90 Å². The molecule has 0 spiro atoms. The Kier molecular flexibility index (Phi) is 3.89. The summed E-state index contributed by atoms with van der Waals surface area (Å²) in [6.07, 6.45) is 0. The number of carbonyl (C=O) groups excluding carboxylic acids is 2. The third-order valence-corrected chi connectivity index (χ3v) is 2.88. The minimum absolute atomic E-state index is 0.172. The first-order valence-electron chi connectivity index (χ1n) is 6.15. The van der Waals surface area contributed by atoms with Crippen LogP contribution in [0.2, 0.25) is 0 Å². The zero-order valence-corrected chi connectivity index (χ0v) is 10.9. The maximum atomic E-state index is 11.8. The molecule has 6 nitrogen and oxygen atoms in total. The Hall–Kier alpha value is -2.24.